The van der Waals surface area contributed by atoms with Crippen molar-refractivity contribution >= 4 is 27.3 Å². The number of hydrogen-bond acceptors (Lipinski definition) is 3. The van der Waals surface area contributed by atoms with Gasteiger partial charge in [0.2, 0.25) is 15.9 Å². The van der Waals surface area contributed by atoms with Crippen molar-refractivity contribution in [1.82, 2.24) is 0 Å². The van der Waals surface area contributed by atoms with Gasteiger partial charge in [0.15, 0.2) is 0 Å². The summed E-state index contributed by atoms with van der Waals surface area (Å²) < 4.78 is 25.6. The van der Waals surface area contributed by atoms with Crippen molar-refractivity contribution in [2.75, 3.05) is 21.9 Å². The molecule has 1 amide bonds. The lowest BCUT2D eigenvalue weighted by Gasteiger charge is -2.19. The van der Waals surface area contributed by atoms with Crippen molar-refractivity contribution in [2.45, 2.75) is 26.2 Å². The quantitative estimate of drug-likeness (QED) is 0.893. The monoisotopic (exact) mass is 358 g/mol. The van der Waals surface area contributed by atoms with Gasteiger partial charge in [-0.1, -0.05) is 36.4 Å². The van der Waals surface area contributed by atoms with Gasteiger partial charge in [0.1, 0.15) is 0 Å². The summed E-state index contributed by atoms with van der Waals surface area (Å²) in [5, 5.41) is 2.91. The lowest BCUT2D eigenvalue weighted by Crippen LogP contribution is -2.25. The third-order valence-corrected chi connectivity index (χ3v) is 6.24. The first-order valence-corrected chi connectivity index (χ1v) is 10.0. The average molecular weight is 358 g/mol. The van der Waals surface area contributed by atoms with Crippen LogP contribution in [0.1, 0.15) is 24.0 Å². The third-order valence-electron chi connectivity index (χ3n) is 4.37. The number of hydrogen-bond donors (Lipinski definition) is 1. The second-order valence-corrected chi connectivity index (χ2v) is 8.29. The fraction of sp³-hybridized carbons (Fsp3) is 0.316. The van der Waals surface area contributed by atoms with Gasteiger partial charge >= 0.3 is 0 Å². The van der Waals surface area contributed by atoms with E-state index in [0.717, 1.165) is 11.1 Å². The van der Waals surface area contributed by atoms with Crippen LogP contribution in [0, 0.1) is 6.92 Å². The number of anilines is 2. The molecule has 0 radical (unpaired) electrons. The maximum Gasteiger partial charge on any atom is 0.235 e. The molecule has 0 spiro atoms. The standard InChI is InChI=1S/C19H22N2O3S/c1-15-8-10-17(21-12-5-13-25(21,23)24)14-18(15)20-19(22)11-9-16-6-3-2-4-7-16/h2-4,6-8,10,14H,5,9,11-13H2,1H3,(H,20,22). The SMILES string of the molecule is Cc1ccc(N2CCCS2(=O)=O)cc1NC(=O)CCc1ccccc1. The fourth-order valence-electron chi connectivity index (χ4n) is 2.94. The first-order valence-electron chi connectivity index (χ1n) is 8.40. The largest absolute Gasteiger partial charge is 0.326 e. The minimum absolute atomic E-state index is 0.0756. The Bertz CT molecular complexity index is 863. The predicted octanol–water partition coefficient (Wildman–Crippen LogP) is 3.11. The minimum atomic E-state index is -3.22. The van der Waals surface area contributed by atoms with Gasteiger partial charge in [0.05, 0.1) is 11.4 Å². The first kappa shape index (κ1) is 17.5. The van der Waals surface area contributed by atoms with Crippen LogP contribution in [-0.2, 0) is 21.2 Å². The molecule has 0 atom stereocenters. The highest BCUT2D eigenvalue weighted by Gasteiger charge is 2.28. The van der Waals surface area contributed by atoms with E-state index in [4.69, 9.17) is 0 Å². The zero-order valence-electron chi connectivity index (χ0n) is 14.2. The number of benzene rings is 2. The van der Waals surface area contributed by atoms with E-state index in [1.54, 1.807) is 12.1 Å². The summed E-state index contributed by atoms with van der Waals surface area (Å²) >= 11 is 0. The normalized spacial score (nSPS) is 16.0. The average Bonchev–Trinajstić information content (AvgIpc) is 2.95. The van der Waals surface area contributed by atoms with Gasteiger partial charge in [-0.2, -0.15) is 0 Å². The van der Waals surface area contributed by atoms with E-state index in [0.29, 0.717) is 37.2 Å². The maximum atomic E-state index is 12.3. The van der Waals surface area contributed by atoms with E-state index in [1.807, 2.05) is 43.3 Å². The molecule has 0 bridgehead atoms. The summed E-state index contributed by atoms with van der Waals surface area (Å²) in [6.07, 6.45) is 1.69. The molecule has 3 rings (SSSR count). The molecule has 1 aliphatic heterocycles. The van der Waals surface area contributed by atoms with E-state index < -0.39 is 10.0 Å². The van der Waals surface area contributed by atoms with Crippen LogP contribution < -0.4 is 9.62 Å². The van der Waals surface area contributed by atoms with Gasteiger partial charge in [-0.05, 0) is 43.0 Å². The molecule has 6 heteroatoms. The van der Waals surface area contributed by atoms with E-state index in [2.05, 4.69) is 5.32 Å². The summed E-state index contributed by atoms with van der Waals surface area (Å²) in [5.74, 6) is 0.105. The fourth-order valence-corrected chi connectivity index (χ4v) is 4.50. The second-order valence-electron chi connectivity index (χ2n) is 6.27. The highest BCUT2D eigenvalue weighted by atomic mass is 32.2. The van der Waals surface area contributed by atoms with Crippen molar-refractivity contribution in [3.63, 3.8) is 0 Å². The number of nitrogens with one attached hydrogen (secondary N) is 1. The summed E-state index contributed by atoms with van der Waals surface area (Å²) in [5.41, 5.74) is 3.30. The maximum absolute atomic E-state index is 12.3. The molecular formula is C19H22N2O3S. The van der Waals surface area contributed by atoms with Crippen LogP contribution in [-0.4, -0.2) is 26.6 Å². The number of sulfonamides is 1. The molecule has 1 N–H and O–H groups in total. The van der Waals surface area contributed by atoms with E-state index in [9.17, 15) is 13.2 Å². The van der Waals surface area contributed by atoms with E-state index >= 15 is 0 Å². The minimum Gasteiger partial charge on any atom is -0.326 e. The molecule has 1 saturated heterocycles. The summed E-state index contributed by atoms with van der Waals surface area (Å²) in [7, 11) is -3.22. The molecule has 0 aromatic heterocycles. The molecule has 1 heterocycles. The van der Waals surface area contributed by atoms with Gasteiger partial charge < -0.3 is 5.32 Å². The van der Waals surface area contributed by atoms with Crippen molar-refractivity contribution < 1.29 is 13.2 Å². The molecule has 2 aromatic carbocycles. The van der Waals surface area contributed by atoms with Crippen LogP contribution in [0.5, 0.6) is 0 Å². The van der Waals surface area contributed by atoms with Crippen LogP contribution in [0.4, 0.5) is 11.4 Å². The molecule has 5 nitrogen and oxygen atoms in total. The highest BCUT2D eigenvalue weighted by molar-refractivity contribution is 7.93. The summed E-state index contributed by atoms with van der Waals surface area (Å²) in [4.78, 5) is 12.3. The van der Waals surface area contributed by atoms with Crippen molar-refractivity contribution in [2.24, 2.45) is 0 Å². The molecular weight excluding hydrogens is 336 g/mol. The van der Waals surface area contributed by atoms with E-state index in [-0.39, 0.29) is 11.7 Å². The van der Waals surface area contributed by atoms with Gasteiger partial charge in [-0.15, -0.1) is 0 Å². The number of carbonyl (C=O) groups is 1. The van der Waals surface area contributed by atoms with Gasteiger partial charge in [-0.25, -0.2) is 8.42 Å². The van der Waals surface area contributed by atoms with Gasteiger partial charge in [0.25, 0.3) is 0 Å². The third kappa shape index (κ3) is 4.20. The Hall–Kier alpha value is -2.34. The topological polar surface area (TPSA) is 66.5 Å². The van der Waals surface area contributed by atoms with Crippen LogP contribution in [0.25, 0.3) is 0 Å². The molecule has 0 saturated carbocycles. The number of amides is 1. The Labute approximate surface area is 148 Å². The molecule has 0 aliphatic carbocycles. The number of nitrogens with zero attached hydrogens (tertiary/aromatic N) is 1. The Morgan fingerprint density at radius 3 is 2.60 bits per heavy atom. The van der Waals surface area contributed by atoms with Crippen LogP contribution >= 0.6 is 0 Å². The zero-order chi connectivity index (χ0) is 17.9. The number of rotatable bonds is 5. The predicted molar refractivity (Wildman–Crippen MR) is 100 cm³/mol. The summed E-state index contributed by atoms with van der Waals surface area (Å²) in [6, 6.07) is 15.2. The van der Waals surface area contributed by atoms with Crippen LogP contribution in [0.3, 0.4) is 0 Å². The lowest BCUT2D eigenvalue weighted by molar-refractivity contribution is -0.116. The highest BCUT2D eigenvalue weighted by Crippen LogP contribution is 2.28. The Kier molecular flexibility index (Phi) is 5.08. The second kappa shape index (κ2) is 7.27. The Morgan fingerprint density at radius 1 is 1.16 bits per heavy atom. The van der Waals surface area contributed by atoms with Crippen LogP contribution in [0.15, 0.2) is 48.5 Å². The smallest absolute Gasteiger partial charge is 0.235 e. The Morgan fingerprint density at radius 2 is 1.92 bits per heavy atom. The summed E-state index contributed by atoms with van der Waals surface area (Å²) in [6.45, 7) is 2.39. The number of aryl methyl sites for hydroxylation is 2. The van der Waals surface area contributed by atoms with Crippen molar-refractivity contribution in [1.29, 1.82) is 0 Å². The van der Waals surface area contributed by atoms with Crippen LogP contribution in [0.2, 0.25) is 0 Å². The van der Waals surface area contributed by atoms with Gasteiger partial charge in [0, 0.05) is 18.7 Å². The molecule has 1 fully saturated rings. The van der Waals surface area contributed by atoms with Crippen molar-refractivity contribution in [3.05, 3.63) is 59.7 Å². The van der Waals surface area contributed by atoms with E-state index in [1.165, 1.54) is 4.31 Å². The molecule has 132 valence electrons. The molecule has 2 aromatic rings. The first-order chi connectivity index (χ1) is 12.0. The van der Waals surface area contributed by atoms with Gasteiger partial charge in [-0.3, -0.25) is 9.10 Å². The molecule has 1 aliphatic rings. The zero-order valence-corrected chi connectivity index (χ0v) is 15.1. The molecule has 25 heavy (non-hydrogen) atoms. The molecule has 0 unspecified atom stereocenters. The Balaban J connectivity index is 1.69. The number of carbonyl (C=O) groups excluding carboxylic acids is 1. The lowest BCUT2D eigenvalue weighted by atomic mass is 10.1. The van der Waals surface area contributed by atoms with Crippen molar-refractivity contribution in [3.8, 4) is 0 Å².